The first-order valence-corrected chi connectivity index (χ1v) is 5.89. The molecule has 0 spiro atoms. The Balaban J connectivity index is 3.80. The Bertz CT molecular complexity index is 155. The Labute approximate surface area is 72.7 Å². The molecule has 5 heteroatoms. The largest absolute Gasteiger partial charge is 0.481 e. The van der Waals surface area contributed by atoms with E-state index in [4.69, 9.17) is 9.84 Å². The molecule has 1 N–H and O–H groups in total. The number of aliphatic carboxylic acids is 1. The summed E-state index contributed by atoms with van der Waals surface area (Å²) in [6.45, 7) is 4.24. The van der Waals surface area contributed by atoms with Gasteiger partial charge in [0.1, 0.15) is 5.66 Å². The van der Waals surface area contributed by atoms with Gasteiger partial charge in [-0.3, -0.25) is 4.79 Å². The molecule has 0 aromatic carbocycles. The number of carbonyl (C=O) groups is 1. The van der Waals surface area contributed by atoms with Crippen molar-refractivity contribution in [3.05, 3.63) is 0 Å². The van der Waals surface area contributed by atoms with Crippen molar-refractivity contribution in [2.24, 2.45) is 0 Å². The van der Waals surface area contributed by atoms with Gasteiger partial charge in [-0.05, 0) is 20.0 Å². The normalized spacial score (nSPS) is 15.5. The summed E-state index contributed by atoms with van der Waals surface area (Å²) in [4.78, 5) is 10.5. The second kappa shape index (κ2) is 6.21. The molecule has 0 heterocycles. The predicted octanol–water partition coefficient (Wildman–Crippen LogP) is 1.06. The maximum atomic E-state index is 10.9. The standard InChI is InChI=1S/C7H15O4P/c1-3-11-5-4-6(7(8)9)12(2)10/h6,12H,3-5H2,1-2H3,(H,8,9). The molecule has 4 nitrogen and oxygen atoms in total. The van der Waals surface area contributed by atoms with Crippen molar-refractivity contribution in [2.45, 2.75) is 19.0 Å². The first-order chi connectivity index (χ1) is 5.59. The van der Waals surface area contributed by atoms with Gasteiger partial charge in [0.15, 0.2) is 0 Å². The maximum absolute atomic E-state index is 10.9. The first-order valence-electron chi connectivity index (χ1n) is 3.90. The van der Waals surface area contributed by atoms with E-state index >= 15 is 0 Å². The number of rotatable bonds is 6. The van der Waals surface area contributed by atoms with Crippen molar-refractivity contribution in [1.29, 1.82) is 0 Å². The molecule has 0 fully saturated rings. The number of carboxylic acids is 1. The number of ether oxygens (including phenoxy) is 1. The van der Waals surface area contributed by atoms with Crippen LogP contribution in [0.3, 0.4) is 0 Å². The molecule has 72 valence electrons. The zero-order valence-electron chi connectivity index (χ0n) is 7.37. The van der Waals surface area contributed by atoms with Gasteiger partial charge in [-0.25, -0.2) is 0 Å². The molecule has 2 unspecified atom stereocenters. The second-order valence-electron chi connectivity index (χ2n) is 2.49. The van der Waals surface area contributed by atoms with E-state index in [-0.39, 0.29) is 0 Å². The van der Waals surface area contributed by atoms with E-state index in [0.717, 1.165) is 0 Å². The molecular formula is C7H15O4P. The summed E-state index contributed by atoms with van der Waals surface area (Å²) in [5.41, 5.74) is -0.721. The van der Waals surface area contributed by atoms with Crippen LogP contribution in [0, 0.1) is 0 Å². The molecule has 0 amide bonds. The molecule has 0 aliphatic rings. The van der Waals surface area contributed by atoms with Crippen molar-refractivity contribution in [3.8, 4) is 0 Å². The summed E-state index contributed by atoms with van der Waals surface area (Å²) in [5, 5.41) is 8.61. The van der Waals surface area contributed by atoms with Crippen LogP contribution in [0.4, 0.5) is 0 Å². The number of hydrogen-bond donors (Lipinski definition) is 1. The highest BCUT2D eigenvalue weighted by molar-refractivity contribution is 7.45. The van der Waals surface area contributed by atoms with Gasteiger partial charge >= 0.3 is 5.97 Å². The lowest BCUT2D eigenvalue weighted by Gasteiger charge is -2.08. The van der Waals surface area contributed by atoms with Gasteiger partial charge in [0, 0.05) is 13.2 Å². The molecule has 0 radical (unpaired) electrons. The lowest BCUT2D eigenvalue weighted by molar-refractivity contribution is -0.136. The van der Waals surface area contributed by atoms with Gasteiger partial charge in [0.2, 0.25) is 0 Å². The highest BCUT2D eigenvalue weighted by atomic mass is 31.1. The summed E-state index contributed by atoms with van der Waals surface area (Å²) in [6, 6.07) is 0. The minimum absolute atomic E-state index is 0.345. The molecule has 12 heavy (non-hydrogen) atoms. The monoisotopic (exact) mass is 194 g/mol. The molecule has 0 aromatic heterocycles. The van der Waals surface area contributed by atoms with Crippen molar-refractivity contribution < 1.29 is 19.2 Å². The fourth-order valence-corrected chi connectivity index (χ4v) is 1.72. The summed E-state index contributed by atoms with van der Waals surface area (Å²) in [7, 11) is -1.98. The van der Waals surface area contributed by atoms with Crippen LogP contribution in [0.5, 0.6) is 0 Å². The Morgan fingerprint density at radius 1 is 1.67 bits per heavy atom. The van der Waals surface area contributed by atoms with E-state index in [1.807, 2.05) is 6.92 Å². The average molecular weight is 194 g/mol. The molecule has 0 saturated heterocycles. The molecule has 0 saturated carbocycles. The molecule has 0 rings (SSSR count). The fraction of sp³-hybridized carbons (Fsp3) is 0.857. The highest BCUT2D eigenvalue weighted by Gasteiger charge is 2.20. The van der Waals surface area contributed by atoms with E-state index in [0.29, 0.717) is 19.6 Å². The zero-order chi connectivity index (χ0) is 9.56. The Hall–Kier alpha value is -0.340. The third-order valence-corrected chi connectivity index (χ3v) is 3.06. The fourth-order valence-electron chi connectivity index (χ4n) is 0.846. The van der Waals surface area contributed by atoms with Gasteiger partial charge in [-0.1, -0.05) is 0 Å². The van der Waals surface area contributed by atoms with Gasteiger partial charge in [0.05, 0.1) is 7.80 Å². The summed E-state index contributed by atoms with van der Waals surface area (Å²) >= 11 is 0. The Kier molecular flexibility index (Phi) is 6.03. The van der Waals surface area contributed by atoms with Crippen LogP contribution in [0.15, 0.2) is 0 Å². The summed E-state index contributed by atoms with van der Waals surface area (Å²) in [5.74, 6) is -0.985. The number of hydrogen-bond acceptors (Lipinski definition) is 3. The van der Waals surface area contributed by atoms with Crippen molar-refractivity contribution in [2.75, 3.05) is 19.9 Å². The van der Waals surface area contributed by atoms with Gasteiger partial charge in [0.25, 0.3) is 0 Å². The summed E-state index contributed by atoms with van der Waals surface area (Å²) in [6.07, 6.45) is 0.345. The topological polar surface area (TPSA) is 63.6 Å². The molecular weight excluding hydrogens is 179 g/mol. The second-order valence-corrected chi connectivity index (χ2v) is 4.41. The van der Waals surface area contributed by atoms with Gasteiger partial charge in [-0.15, -0.1) is 0 Å². The molecule has 0 bridgehead atoms. The maximum Gasteiger partial charge on any atom is 0.313 e. The molecule has 0 aliphatic heterocycles. The minimum Gasteiger partial charge on any atom is -0.481 e. The lowest BCUT2D eigenvalue weighted by atomic mass is 10.3. The van der Waals surface area contributed by atoms with Crippen LogP contribution in [-0.2, 0) is 14.1 Å². The van der Waals surface area contributed by atoms with E-state index < -0.39 is 19.4 Å². The molecule has 2 atom stereocenters. The highest BCUT2D eigenvalue weighted by Crippen LogP contribution is 2.25. The Morgan fingerprint density at radius 2 is 2.25 bits per heavy atom. The molecule has 0 aromatic rings. The number of carboxylic acid groups (broad SMARTS) is 1. The van der Waals surface area contributed by atoms with Crippen LogP contribution >= 0.6 is 7.80 Å². The van der Waals surface area contributed by atoms with Crippen molar-refractivity contribution >= 4 is 13.8 Å². The van der Waals surface area contributed by atoms with Crippen LogP contribution < -0.4 is 0 Å². The van der Waals surface area contributed by atoms with E-state index in [1.54, 1.807) is 0 Å². The van der Waals surface area contributed by atoms with Crippen LogP contribution in [0.2, 0.25) is 0 Å². The van der Waals surface area contributed by atoms with Crippen LogP contribution in [0.25, 0.3) is 0 Å². The van der Waals surface area contributed by atoms with Gasteiger partial charge in [-0.2, -0.15) is 0 Å². The third kappa shape index (κ3) is 4.52. The minimum atomic E-state index is -1.98. The van der Waals surface area contributed by atoms with E-state index in [2.05, 4.69) is 0 Å². The predicted molar refractivity (Wildman–Crippen MR) is 47.5 cm³/mol. The van der Waals surface area contributed by atoms with Crippen LogP contribution in [-0.4, -0.2) is 36.6 Å². The average Bonchev–Trinajstić information content (AvgIpc) is 1.96. The lowest BCUT2D eigenvalue weighted by Crippen LogP contribution is -2.18. The zero-order valence-corrected chi connectivity index (χ0v) is 8.37. The van der Waals surface area contributed by atoms with Gasteiger partial charge < -0.3 is 14.4 Å². The van der Waals surface area contributed by atoms with Crippen molar-refractivity contribution in [3.63, 3.8) is 0 Å². The molecule has 0 aliphatic carbocycles. The third-order valence-electron chi connectivity index (χ3n) is 1.54. The summed E-state index contributed by atoms with van der Waals surface area (Å²) < 4.78 is 15.9. The van der Waals surface area contributed by atoms with Crippen molar-refractivity contribution in [1.82, 2.24) is 0 Å². The first kappa shape index (κ1) is 11.7. The smallest absolute Gasteiger partial charge is 0.313 e. The van der Waals surface area contributed by atoms with E-state index in [1.165, 1.54) is 6.66 Å². The Morgan fingerprint density at radius 3 is 2.58 bits per heavy atom. The van der Waals surface area contributed by atoms with E-state index in [9.17, 15) is 9.36 Å². The van der Waals surface area contributed by atoms with Crippen LogP contribution in [0.1, 0.15) is 13.3 Å². The quantitative estimate of drug-likeness (QED) is 0.507. The SMILES string of the molecule is CCOCCC(C(=O)O)[PH](C)=O.